The first-order chi connectivity index (χ1) is 8.89. The molecule has 0 bridgehead atoms. The molecule has 1 amide bonds. The second kappa shape index (κ2) is 5.79. The van der Waals surface area contributed by atoms with Crippen LogP contribution in [0.1, 0.15) is 32.6 Å². The van der Waals surface area contributed by atoms with Gasteiger partial charge in [-0.2, -0.15) is 0 Å². The summed E-state index contributed by atoms with van der Waals surface area (Å²) in [7, 11) is -3.28. The zero-order valence-corrected chi connectivity index (χ0v) is 12.6. The van der Waals surface area contributed by atoms with Gasteiger partial charge in [0, 0.05) is 25.4 Å². The Morgan fingerprint density at radius 2 is 1.89 bits per heavy atom. The number of rotatable bonds is 3. The molecule has 19 heavy (non-hydrogen) atoms. The molecular formula is C13H24N2O3S. The lowest BCUT2D eigenvalue weighted by Gasteiger charge is -2.35. The van der Waals surface area contributed by atoms with Crippen LogP contribution < -0.4 is 5.32 Å². The summed E-state index contributed by atoms with van der Waals surface area (Å²) in [6.07, 6.45) is 5.58. The van der Waals surface area contributed by atoms with Crippen molar-refractivity contribution in [1.29, 1.82) is 0 Å². The molecule has 6 heteroatoms. The predicted molar refractivity (Wildman–Crippen MR) is 74.6 cm³/mol. The SMILES string of the molecule is CC(C(=O)N1CCC(C2CCCN2)CC1)S(C)(=O)=O. The lowest BCUT2D eigenvalue weighted by molar-refractivity contribution is -0.131. The van der Waals surface area contributed by atoms with E-state index in [1.807, 2.05) is 0 Å². The molecule has 0 saturated carbocycles. The van der Waals surface area contributed by atoms with Crippen LogP contribution in [0.15, 0.2) is 0 Å². The van der Waals surface area contributed by atoms with Crippen LogP contribution in [-0.2, 0) is 14.6 Å². The summed E-state index contributed by atoms with van der Waals surface area (Å²) in [5.41, 5.74) is 0. The molecule has 110 valence electrons. The zero-order chi connectivity index (χ0) is 14.0. The first-order valence-electron chi connectivity index (χ1n) is 7.10. The van der Waals surface area contributed by atoms with Gasteiger partial charge in [-0.25, -0.2) is 8.42 Å². The van der Waals surface area contributed by atoms with E-state index in [1.54, 1.807) is 4.90 Å². The van der Waals surface area contributed by atoms with E-state index < -0.39 is 15.1 Å². The van der Waals surface area contributed by atoms with Crippen LogP contribution in [0.5, 0.6) is 0 Å². The van der Waals surface area contributed by atoms with E-state index >= 15 is 0 Å². The van der Waals surface area contributed by atoms with Crippen LogP contribution in [0.2, 0.25) is 0 Å². The van der Waals surface area contributed by atoms with E-state index in [4.69, 9.17) is 0 Å². The van der Waals surface area contributed by atoms with Gasteiger partial charge in [0.05, 0.1) is 0 Å². The molecular weight excluding hydrogens is 264 g/mol. The molecule has 0 spiro atoms. The smallest absolute Gasteiger partial charge is 0.240 e. The van der Waals surface area contributed by atoms with Crippen molar-refractivity contribution in [1.82, 2.24) is 10.2 Å². The Balaban J connectivity index is 1.87. The topological polar surface area (TPSA) is 66.5 Å². The van der Waals surface area contributed by atoms with Crippen LogP contribution in [0.4, 0.5) is 0 Å². The summed E-state index contributed by atoms with van der Waals surface area (Å²) < 4.78 is 22.9. The van der Waals surface area contributed by atoms with Gasteiger partial charge in [-0.05, 0) is 45.1 Å². The fraction of sp³-hybridized carbons (Fsp3) is 0.923. The number of amides is 1. The van der Waals surface area contributed by atoms with E-state index in [1.165, 1.54) is 19.8 Å². The minimum absolute atomic E-state index is 0.236. The van der Waals surface area contributed by atoms with Crippen LogP contribution in [-0.4, -0.2) is 56.4 Å². The van der Waals surface area contributed by atoms with Crippen molar-refractivity contribution in [3.05, 3.63) is 0 Å². The molecule has 0 aromatic rings. The molecule has 2 saturated heterocycles. The highest BCUT2D eigenvalue weighted by Gasteiger charge is 2.33. The van der Waals surface area contributed by atoms with Gasteiger partial charge in [0.25, 0.3) is 0 Å². The van der Waals surface area contributed by atoms with Crippen molar-refractivity contribution < 1.29 is 13.2 Å². The summed E-state index contributed by atoms with van der Waals surface area (Å²) in [4.78, 5) is 13.8. The first kappa shape index (κ1) is 14.8. The fourth-order valence-electron chi connectivity index (χ4n) is 3.08. The quantitative estimate of drug-likeness (QED) is 0.817. The minimum atomic E-state index is -3.28. The van der Waals surface area contributed by atoms with Crippen molar-refractivity contribution in [2.45, 2.75) is 43.9 Å². The van der Waals surface area contributed by atoms with Crippen molar-refractivity contribution in [2.75, 3.05) is 25.9 Å². The largest absolute Gasteiger partial charge is 0.342 e. The van der Waals surface area contributed by atoms with Gasteiger partial charge in [-0.3, -0.25) is 4.79 Å². The fourth-order valence-corrected chi connectivity index (χ4v) is 3.59. The van der Waals surface area contributed by atoms with Gasteiger partial charge < -0.3 is 10.2 Å². The predicted octanol–water partition coefficient (Wildman–Crippen LogP) is 0.410. The van der Waals surface area contributed by atoms with Gasteiger partial charge in [-0.15, -0.1) is 0 Å². The lowest BCUT2D eigenvalue weighted by atomic mass is 9.88. The maximum Gasteiger partial charge on any atom is 0.240 e. The molecule has 2 heterocycles. The Morgan fingerprint density at radius 1 is 1.26 bits per heavy atom. The monoisotopic (exact) mass is 288 g/mol. The van der Waals surface area contributed by atoms with E-state index in [9.17, 15) is 13.2 Å². The summed E-state index contributed by atoms with van der Waals surface area (Å²) in [5.74, 6) is 0.403. The highest BCUT2D eigenvalue weighted by Crippen LogP contribution is 2.26. The molecule has 0 radical (unpaired) electrons. The van der Waals surface area contributed by atoms with Crippen molar-refractivity contribution >= 4 is 15.7 Å². The number of carbonyl (C=O) groups excluding carboxylic acids is 1. The number of nitrogens with one attached hydrogen (secondary N) is 1. The van der Waals surface area contributed by atoms with Crippen molar-refractivity contribution in [3.63, 3.8) is 0 Å². The molecule has 2 unspecified atom stereocenters. The molecule has 5 nitrogen and oxygen atoms in total. The lowest BCUT2D eigenvalue weighted by Crippen LogP contribution is -2.47. The van der Waals surface area contributed by atoms with E-state index in [0.717, 1.165) is 25.6 Å². The number of likely N-dealkylation sites (tertiary alicyclic amines) is 1. The van der Waals surface area contributed by atoms with E-state index in [-0.39, 0.29) is 5.91 Å². The number of piperidine rings is 1. The standard InChI is InChI=1S/C13H24N2O3S/c1-10(19(2,17)18)13(16)15-8-5-11(6-9-15)12-4-3-7-14-12/h10-12,14H,3-9H2,1-2H3. The third-order valence-corrected chi connectivity index (χ3v) is 5.99. The number of carbonyl (C=O) groups is 1. The number of hydrogen-bond donors (Lipinski definition) is 1. The number of hydrogen-bond acceptors (Lipinski definition) is 4. The van der Waals surface area contributed by atoms with Gasteiger partial charge in [0.1, 0.15) is 5.25 Å². The van der Waals surface area contributed by atoms with Crippen molar-refractivity contribution in [3.8, 4) is 0 Å². The first-order valence-corrected chi connectivity index (χ1v) is 9.06. The highest BCUT2D eigenvalue weighted by atomic mass is 32.2. The Kier molecular flexibility index (Phi) is 4.50. The van der Waals surface area contributed by atoms with E-state index in [2.05, 4.69) is 5.32 Å². The number of sulfone groups is 1. The second-order valence-corrected chi connectivity index (χ2v) is 8.20. The molecule has 2 aliphatic rings. The summed E-state index contributed by atoms with van der Waals surface area (Å²) in [5, 5.41) is 2.61. The van der Waals surface area contributed by atoms with Crippen LogP contribution in [0.3, 0.4) is 0 Å². The summed E-state index contributed by atoms with van der Waals surface area (Å²) >= 11 is 0. The third kappa shape index (κ3) is 3.48. The average molecular weight is 288 g/mol. The highest BCUT2D eigenvalue weighted by molar-refractivity contribution is 7.92. The molecule has 2 rings (SSSR count). The average Bonchev–Trinajstić information content (AvgIpc) is 2.90. The normalized spacial score (nSPS) is 27.5. The Bertz CT molecular complexity index is 421. The van der Waals surface area contributed by atoms with Crippen molar-refractivity contribution in [2.24, 2.45) is 5.92 Å². The van der Waals surface area contributed by atoms with Crippen LogP contribution in [0.25, 0.3) is 0 Å². The van der Waals surface area contributed by atoms with Crippen LogP contribution >= 0.6 is 0 Å². The Labute approximate surface area is 115 Å². The zero-order valence-electron chi connectivity index (χ0n) is 11.8. The second-order valence-electron chi connectivity index (χ2n) is 5.84. The van der Waals surface area contributed by atoms with Gasteiger partial charge >= 0.3 is 0 Å². The third-order valence-electron chi connectivity index (χ3n) is 4.51. The minimum Gasteiger partial charge on any atom is -0.342 e. The molecule has 2 aliphatic heterocycles. The molecule has 1 N–H and O–H groups in total. The maximum atomic E-state index is 12.1. The molecule has 2 fully saturated rings. The molecule has 2 atom stereocenters. The Morgan fingerprint density at radius 3 is 2.37 bits per heavy atom. The molecule has 0 aromatic heterocycles. The van der Waals surface area contributed by atoms with Crippen LogP contribution in [0, 0.1) is 5.92 Å². The van der Waals surface area contributed by atoms with E-state index in [0.29, 0.717) is 25.0 Å². The van der Waals surface area contributed by atoms with Gasteiger partial charge in [0.15, 0.2) is 9.84 Å². The maximum absolute atomic E-state index is 12.1. The number of nitrogens with zero attached hydrogens (tertiary/aromatic N) is 1. The van der Waals surface area contributed by atoms with Gasteiger partial charge in [-0.1, -0.05) is 0 Å². The summed E-state index contributed by atoms with van der Waals surface area (Å²) in [6, 6.07) is 0.601. The molecule has 0 aromatic carbocycles. The summed E-state index contributed by atoms with van der Waals surface area (Å²) in [6.45, 7) is 3.99. The Hall–Kier alpha value is -0.620. The van der Waals surface area contributed by atoms with Gasteiger partial charge in [0.2, 0.25) is 5.91 Å². The molecule has 0 aliphatic carbocycles.